The van der Waals surface area contributed by atoms with E-state index < -0.39 is 11.8 Å². The lowest BCUT2D eigenvalue weighted by molar-refractivity contribution is -0.119. The maximum absolute atomic E-state index is 13.4. The number of hydrogen-bond donors (Lipinski definition) is 2. The molecule has 1 aromatic carbocycles. The van der Waals surface area contributed by atoms with Crippen molar-refractivity contribution in [1.29, 1.82) is 0 Å². The van der Waals surface area contributed by atoms with Gasteiger partial charge in [0.1, 0.15) is 5.82 Å². The summed E-state index contributed by atoms with van der Waals surface area (Å²) in [5.41, 5.74) is 0.267. The Labute approximate surface area is 122 Å². The minimum absolute atomic E-state index is 0.131. The number of amides is 1. The zero-order valence-corrected chi connectivity index (χ0v) is 12.1. The lowest BCUT2D eigenvalue weighted by atomic mass is 9.94. The fourth-order valence-corrected chi connectivity index (χ4v) is 2.43. The number of hydrogen-bond acceptors (Lipinski definition) is 4. The van der Waals surface area contributed by atoms with Gasteiger partial charge in [0.05, 0.1) is 24.4 Å². The van der Waals surface area contributed by atoms with Crippen LogP contribution in [0.2, 0.25) is 0 Å². The van der Waals surface area contributed by atoms with Crippen LogP contribution in [0.5, 0.6) is 0 Å². The van der Waals surface area contributed by atoms with Gasteiger partial charge >= 0.3 is 5.97 Å². The van der Waals surface area contributed by atoms with E-state index in [1.807, 2.05) is 0 Å². The largest absolute Gasteiger partial charge is 0.465 e. The van der Waals surface area contributed by atoms with Crippen LogP contribution < -0.4 is 10.6 Å². The molecule has 1 fully saturated rings. The van der Waals surface area contributed by atoms with Gasteiger partial charge in [0.2, 0.25) is 5.91 Å². The quantitative estimate of drug-likeness (QED) is 0.836. The smallest absolute Gasteiger partial charge is 0.339 e. The molecule has 5 nitrogen and oxygen atoms in total. The maximum Gasteiger partial charge on any atom is 0.339 e. The normalized spacial score (nSPS) is 21.7. The molecule has 0 aliphatic carbocycles. The molecule has 1 saturated heterocycles. The highest BCUT2D eigenvalue weighted by Gasteiger charge is 2.25. The molecule has 0 radical (unpaired) electrons. The van der Waals surface area contributed by atoms with Gasteiger partial charge in [-0.2, -0.15) is 0 Å². The van der Waals surface area contributed by atoms with Crippen molar-refractivity contribution in [2.45, 2.75) is 25.8 Å². The van der Waals surface area contributed by atoms with E-state index in [2.05, 4.69) is 22.3 Å². The molecule has 21 heavy (non-hydrogen) atoms. The van der Waals surface area contributed by atoms with Crippen molar-refractivity contribution in [2.75, 3.05) is 19.0 Å². The van der Waals surface area contributed by atoms with Crippen LogP contribution in [0.4, 0.5) is 10.1 Å². The van der Waals surface area contributed by atoms with Crippen molar-refractivity contribution in [2.24, 2.45) is 5.92 Å². The molecular formula is C15H19FN2O3. The standard InChI is InChI=1S/C15H19FN2O3/c1-9-5-6-17-13(7-9)14(19)18-12-8-10(16)3-4-11(12)15(20)21-2/h3-4,8-9,13,17H,5-7H2,1-2H3,(H,18,19). The van der Waals surface area contributed by atoms with Crippen molar-refractivity contribution in [3.05, 3.63) is 29.6 Å². The topological polar surface area (TPSA) is 67.4 Å². The number of anilines is 1. The number of esters is 1. The number of carbonyl (C=O) groups excluding carboxylic acids is 2. The Morgan fingerprint density at radius 3 is 2.86 bits per heavy atom. The minimum atomic E-state index is -0.615. The van der Waals surface area contributed by atoms with E-state index in [-0.39, 0.29) is 23.2 Å². The van der Waals surface area contributed by atoms with Crippen LogP contribution in [-0.4, -0.2) is 31.6 Å². The highest BCUT2D eigenvalue weighted by Crippen LogP contribution is 2.21. The van der Waals surface area contributed by atoms with E-state index >= 15 is 0 Å². The molecule has 2 N–H and O–H groups in total. The third-order valence-corrected chi connectivity index (χ3v) is 3.63. The molecule has 0 aromatic heterocycles. The Balaban J connectivity index is 2.16. The predicted molar refractivity (Wildman–Crippen MR) is 76.6 cm³/mol. The van der Waals surface area contributed by atoms with E-state index in [0.29, 0.717) is 12.3 Å². The second-order valence-electron chi connectivity index (χ2n) is 5.31. The number of methoxy groups -OCH3 is 1. The number of halogens is 1. The molecule has 1 aliphatic rings. The van der Waals surface area contributed by atoms with Gasteiger partial charge in [-0.05, 0) is 43.5 Å². The number of nitrogens with one attached hydrogen (secondary N) is 2. The van der Waals surface area contributed by atoms with Gasteiger partial charge in [-0.15, -0.1) is 0 Å². The SMILES string of the molecule is COC(=O)c1ccc(F)cc1NC(=O)C1CC(C)CCN1. The molecule has 1 heterocycles. The number of ether oxygens (including phenoxy) is 1. The summed E-state index contributed by atoms with van der Waals surface area (Å²) < 4.78 is 18.0. The molecule has 2 rings (SSSR count). The van der Waals surface area contributed by atoms with Crippen LogP contribution >= 0.6 is 0 Å². The van der Waals surface area contributed by atoms with Gasteiger partial charge < -0.3 is 15.4 Å². The van der Waals surface area contributed by atoms with E-state index in [1.165, 1.54) is 13.2 Å². The first-order valence-corrected chi connectivity index (χ1v) is 6.93. The first-order chi connectivity index (χ1) is 10.0. The Kier molecular flexibility index (Phi) is 4.90. The molecule has 0 saturated carbocycles. The van der Waals surface area contributed by atoms with E-state index in [4.69, 9.17) is 0 Å². The summed E-state index contributed by atoms with van der Waals surface area (Å²) in [6.07, 6.45) is 1.74. The van der Waals surface area contributed by atoms with Crippen molar-refractivity contribution in [1.82, 2.24) is 5.32 Å². The zero-order chi connectivity index (χ0) is 15.4. The molecular weight excluding hydrogens is 275 g/mol. The number of rotatable bonds is 3. The lowest BCUT2D eigenvalue weighted by Crippen LogP contribution is -2.45. The zero-order valence-electron chi connectivity index (χ0n) is 12.1. The summed E-state index contributed by atoms with van der Waals surface area (Å²) in [5, 5.41) is 5.74. The maximum atomic E-state index is 13.4. The minimum Gasteiger partial charge on any atom is -0.465 e. The van der Waals surface area contributed by atoms with Gasteiger partial charge in [-0.25, -0.2) is 9.18 Å². The summed E-state index contributed by atoms with van der Waals surface area (Å²) in [5.74, 6) is -0.954. The van der Waals surface area contributed by atoms with Gasteiger partial charge in [-0.3, -0.25) is 4.79 Å². The number of piperidine rings is 1. The molecule has 6 heteroatoms. The van der Waals surface area contributed by atoms with Crippen LogP contribution in [0, 0.1) is 11.7 Å². The van der Waals surface area contributed by atoms with E-state index in [0.717, 1.165) is 25.1 Å². The van der Waals surface area contributed by atoms with Crippen molar-refractivity contribution in [3.8, 4) is 0 Å². The predicted octanol–water partition coefficient (Wildman–Crippen LogP) is 1.94. The monoisotopic (exact) mass is 294 g/mol. The average Bonchev–Trinajstić information content (AvgIpc) is 2.46. The highest BCUT2D eigenvalue weighted by molar-refractivity contribution is 6.02. The van der Waals surface area contributed by atoms with Crippen LogP contribution in [0.25, 0.3) is 0 Å². The summed E-state index contributed by atoms with van der Waals surface area (Å²) in [6, 6.07) is 3.25. The first-order valence-electron chi connectivity index (χ1n) is 6.93. The van der Waals surface area contributed by atoms with Crippen molar-refractivity contribution >= 4 is 17.6 Å². The summed E-state index contributed by atoms with van der Waals surface area (Å²) >= 11 is 0. The highest BCUT2D eigenvalue weighted by atomic mass is 19.1. The van der Waals surface area contributed by atoms with E-state index in [9.17, 15) is 14.0 Å². The molecule has 0 spiro atoms. The second-order valence-corrected chi connectivity index (χ2v) is 5.31. The Morgan fingerprint density at radius 2 is 2.19 bits per heavy atom. The van der Waals surface area contributed by atoms with Gasteiger partial charge in [0, 0.05) is 0 Å². The Bertz CT molecular complexity index is 548. The van der Waals surface area contributed by atoms with Crippen LogP contribution in [0.15, 0.2) is 18.2 Å². The molecule has 1 aromatic rings. The molecule has 2 atom stereocenters. The molecule has 0 bridgehead atoms. The van der Waals surface area contributed by atoms with Crippen molar-refractivity contribution in [3.63, 3.8) is 0 Å². The molecule has 1 amide bonds. The number of carbonyl (C=O) groups is 2. The average molecular weight is 294 g/mol. The number of benzene rings is 1. The van der Waals surface area contributed by atoms with E-state index in [1.54, 1.807) is 0 Å². The molecule has 1 aliphatic heterocycles. The fraction of sp³-hybridized carbons (Fsp3) is 0.467. The van der Waals surface area contributed by atoms with Crippen molar-refractivity contribution < 1.29 is 18.7 Å². The Morgan fingerprint density at radius 1 is 1.43 bits per heavy atom. The van der Waals surface area contributed by atoms with Crippen LogP contribution in [0.1, 0.15) is 30.1 Å². The summed E-state index contributed by atoms with van der Waals surface area (Å²) in [7, 11) is 1.24. The second kappa shape index (κ2) is 6.67. The van der Waals surface area contributed by atoms with Crippen LogP contribution in [0.3, 0.4) is 0 Å². The molecule has 114 valence electrons. The Hall–Kier alpha value is -1.95. The van der Waals surface area contributed by atoms with Gasteiger partial charge in [-0.1, -0.05) is 6.92 Å². The summed E-state index contributed by atoms with van der Waals surface area (Å²) in [6.45, 7) is 2.86. The summed E-state index contributed by atoms with van der Waals surface area (Å²) in [4.78, 5) is 23.9. The first kappa shape index (κ1) is 15.4. The van der Waals surface area contributed by atoms with Gasteiger partial charge in [0.25, 0.3) is 0 Å². The fourth-order valence-electron chi connectivity index (χ4n) is 2.43. The van der Waals surface area contributed by atoms with Gasteiger partial charge in [0.15, 0.2) is 0 Å². The third kappa shape index (κ3) is 3.78. The third-order valence-electron chi connectivity index (χ3n) is 3.63. The molecule has 2 unspecified atom stereocenters. The van der Waals surface area contributed by atoms with Crippen LogP contribution in [-0.2, 0) is 9.53 Å². The lowest BCUT2D eigenvalue weighted by Gasteiger charge is -2.27.